The average Bonchev–Trinajstić information content (AvgIpc) is 3.20. The van der Waals surface area contributed by atoms with E-state index in [1.807, 2.05) is 45.0 Å². The van der Waals surface area contributed by atoms with E-state index in [1.165, 1.54) is 5.56 Å². The highest BCUT2D eigenvalue weighted by Crippen LogP contribution is 2.25. The molecule has 0 saturated carbocycles. The smallest absolute Gasteiger partial charge is 0.255 e. The predicted octanol–water partition coefficient (Wildman–Crippen LogP) is 3.20. The summed E-state index contributed by atoms with van der Waals surface area (Å²) in [6.45, 7) is 7.21. The van der Waals surface area contributed by atoms with E-state index in [1.54, 1.807) is 21.9 Å². The number of benzene rings is 2. The van der Waals surface area contributed by atoms with Gasteiger partial charge in [-0.3, -0.25) is 14.4 Å². The van der Waals surface area contributed by atoms with Crippen LogP contribution in [0.3, 0.4) is 0 Å². The quantitative estimate of drug-likeness (QED) is 0.849. The molecule has 2 fully saturated rings. The average molecular weight is 405 g/mol. The summed E-state index contributed by atoms with van der Waals surface area (Å²) in [5.41, 5.74) is 5.54. The summed E-state index contributed by atoms with van der Waals surface area (Å²) in [6.07, 6.45) is 1.64. The summed E-state index contributed by atoms with van der Waals surface area (Å²) in [4.78, 5) is 41.0. The number of piperazine rings is 1. The van der Waals surface area contributed by atoms with E-state index in [4.69, 9.17) is 0 Å². The molecule has 156 valence electrons. The van der Waals surface area contributed by atoms with E-state index in [0.29, 0.717) is 18.7 Å². The molecular formula is C24H27N3O3. The fourth-order valence-electron chi connectivity index (χ4n) is 4.54. The Labute approximate surface area is 176 Å². The summed E-state index contributed by atoms with van der Waals surface area (Å²) < 4.78 is 0. The van der Waals surface area contributed by atoms with Crippen molar-refractivity contribution in [1.29, 1.82) is 0 Å². The molecule has 2 aliphatic rings. The van der Waals surface area contributed by atoms with Gasteiger partial charge in [0.2, 0.25) is 11.8 Å². The van der Waals surface area contributed by atoms with Crippen LogP contribution in [-0.4, -0.2) is 46.7 Å². The second-order valence-electron chi connectivity index (χ2n) is 8.36. The first-order valence-electron chi connectivity index (χ1n) is 10.4. The lowest BCUT2D eigenvalue weighted by Crippen LogP contribution is -2.56. The van der Waals surface area contributed by atoms with Crippen molar-refractivity contribution in [2.24, 2.45) is 0 Å². The maximum atomic E-state index is 12.7. The molecule has 1 atom stereocenters. The minimum atomic E-state index is -0.294. The first kappa shape index (κ1) is 20.1. The number of fused-ring (bicyclic) bond motifs is 1. The second-order valence-corrected chi connectivity index (χ2v) is 8.36. The van der Waals surface area contributed by atoms with Crippen LogP contribution >= 0.6 is 0 Å². The van der Waals surface area contributed by atoms with Gasteiger partial charge in [-0.2, -0.15) is 0 Å². The highest BCUT2D eigenvalue weighted by atomic mass is 16.2. The molecule has 6 heteroatoms. The monoisotopic (exact) mass is 405 g/mol. The Balaban J connectivity index is 1.44. The van der Waals surface area contributed by atoms with Crippen molar-refractivity contribution in [2.75, 3.05) is 18.4 Å². The Morgan fingerprint density at radius 3 is 2.40 bits per heavy atom. The van der Waals surface area contributed by atoms with Crippen molar-refractivity contribution in [3.8, 4) is 0 Å². The Kier molecular flexibility index (Phi) is 5.33. The third-order valence-electron chi connectivity index (χ3n) is 6.00. The van der Waals surface area contributed by atoms with E-state index in [2.05, 4.69) is 5.32 Å². The maximum Gasteiger partial charge on any atom is 0.255 e. The van der Waals surface area contributed by atoms with Crippen molar-refractivity contribution >= 4 is 23.4 Å². The van der Waals surface area contributed by atoms with Crippen molar-refractivity contribution in [2.45, 2.75) is 46.2 Å². The van der Waals surface area contributed by atoms with Crippen LogP contribution in [0.4, 0.5) is 5.69 Å². The van der Waals surface area contributed by atoms with E-state index < -0.39 is 0 Å². The minimum absolute atomic E-state index is 0.0249. The molecule has 2 aliphatic heterocycles. The fraction of sp³-hybridized carbons (Fsp3) is 0.375. The van der Waals surface area contributed by atoms with Crippen molar-refractivity contribution in [3.05, 3.63) is 64.2 Å². The molecule has 0 bridgehead atoms. The van der Waals surface area contributed by atoms with Crippen molar-refractivity contribution in [1.82, 2.24) is 9.80 Å². The van der Waals surface area contributed by atoms with E-state index in [-0.39, 0.29) is 30.3 Å². The molecule has 1 N–H and O–H groups in total. The molecule has 1 unspecified atom stereocenters. The molecule has 30 heavy (non-hydrogen) atoms. The Bertz CT molecular complexity index is 990. The molecule has 6 nitrogen and oxygen atoms in total. The lowest BCUT2D eigenvalue weighted by molar-refractivity contribution is -0.154. The molecule has 2 aromatic carbocycles. The molecule has 3 amide bonds. The van der Waals surface area contributed by atoms with E-state index >= 15 is 0 Å². The van der Waals surface area contributed by atoms with Crippen LogP contribution in [-0.2, 0) is 16.1 Å². The number of hydrogen-bond donors (Lipinski definition) is 1. The highest BCUT2D eigenvalue weighted by molar-refractivity contribution is 6.05. The van der Waals surface area contributed by atoms with Gasteiger partial charge in [0, 0.05) is 24.3 Å². The first-order chi connectivity index (χ1) is 14.3. The van der Waals surface area contributed by atoms with Crippen molar-refractivity contribution < 1.29 is 14.4 Å². The van der Waals surface area contributed by atoms with Crippen LogP contribution in [0.5, 0.6) is 0 Å². The zero-order valence-corrected chi connectivity index (χ0v) is 17.7. The number of rotatable bonds is 4. The Morgan fingerprint density at radius 1 is 1.07 bits per heavy atom. The van der Waals surface area contributed by atoms with Crippen LogP contribution in [0, 0.1) is 20.8 Å². The van der Waals surface area contributed by atoms with Gasteiger partial charge in [0.25, 0.3) is 5.91 Å². The molecule has 4 rings (SSSR count). The lowest BCUT2D eigenvalue weighted by Gasteiger charge is -2.36. The summed E-state index contributed by atoms with van der Waals surface area (Å²) in [5, 5.41) is 3.01. The zero-order valence-electron chi connectivity index (χ0n) is 17.7. The van der Waals surface area contributed by atoms with Gasteiger partial charge in [0.1, 0.15) is 12.6 Å². The zero-order chi connectivity index (χ0) is 21.4. The third kappa shape index (κ3) is 3.82. The van der Waals surface area contributed by atoms with Gasteiger partial charge < -0.3 is 15.1 Å². The Hall–Kier alpha value is -3.15. The number of carbonyl (C=O) groups excluding carboxylic acids is 3. The molecule has 0 aromatic heterocycles. The highest BCUT2D eigenvalue weighted by Gasteiger charge is 2.41. The Morgan fingerprint density at radius 2 is 1.73 bits per heavy atom. The number of amides is 3. The molecule has 2 heterocycles. The van der Waals surface area contributed by atoms with Crippen molar-refractivity contribution in [3.63, 3.8) is 0 Å². The number of nitrogens with one attached hydrogen (secondary N) is 1. The normalized spacial score (nSPS) is 18.6. The van der Waals surface area contributed by atoms with Gasteiger partial charge in [0.15, 0.2) is 0 Å². The lowest BCUT2D eigenvalue weighted by atomic mass is 10.0. The summed E-state index contributed by atoms with van der Waals surface area (Å²) in [5.74, 6) is -0.112. The van der Waals surface area contributed by atoms with E-state index in [9.17, 15) is 14.4 Å². The standard InChI is InChI=1S/C24H27N3O3/c1-15-11-16(2)22(17(3)12-15)25-23(29)19-8-6-18(7-9-19)13-26-14-21(28)27-10-4-5-20(27)24(26)30/h6-9,11-12,20H,4-5,10,13-14H2,1-3H3,(H,25,29). The molecular weight excluding hydrogens is 378 g/mol. The van der Waals surface area contributed by atoms with Gasteiger partial charge in [-0.1, -0.05) is 29.8 Å². The first-order valence-corrected chi connectivity index (χ1v) is 10.4. The molecule has 2 aromatic rings. The second kappa shape index (κ2) is 7.94. The SMILES string of the molecule is Cc1cc(C)c(NC(=O)c2ccc(CN3CC(=O)N4CCCC4C3=O)cc2)c(C)c1. The number of nitrogens with zero attached hydrogens (tertiary/aromatic N) is 2. The molecule has 2 saturated heterocycles. The van der Waals surface area contributed by atoms with Gasteiger partial charge in [-0.25, -0.2) is 0 Å². The fourth-order valence-corrected chi connectivity index (χ4v) is 4.54. The van der Waals surface area contributed by atoms with Crippen LogP contribution in [0.1, 0.15) is 45.5 Å². The minimum Gasteiger partial charge on any atom is -0.329 e. The topological polar surface area (TPSA) is 69.7 Å². The number of anilines is 1. The van der Waals surface area contributed by atoms with Crippen LogP contribution < -0.4 is 5.32 Å². The number of carbonyl (C=O) groups is 3. The maximum absolute atomic E-state index is 12.7. The van der Waals surface area contributed by atoms with Gasteiger partial charge in [-0.05, 0) is 62.4 Å². The summed E-state index contributed by atoms with van der Waals surface area (Å²) in [6, 6.07) is 11.0. The van der Waals surface area contributed by atoms with E-state index in [0.717, 1.165) is 35.2 Å². The summed E-state index contributed by atoms with van der Waals surface area (Å²) >= 11 is 0. The van der Waals surface area contributed by atoms with Crippen LogP contribution in [0.2, 0.25) is 0 Å². The molecule has 0 aliphatic carbocycles. The molecule has 0 spiro atoms. The van der Waals surface area contributed by atoms with Gasteiger partial charge in [-0.15, -0.1) is 0 Å². The largest absolute Gasteiger partial charge is 0.329 e. The number of hydrogen-bond acceptors (Lipinski definition) is 3. The van der Waals surface area contributed by atoms with Gasteiger partial charge >= 0.3 is 0 Å². The van der Waals surface area contributed by atoms with Gasteiger partial charge in [0.05, 0.1) is 0 Å². The molecule has 0 radical (unpaired) electrons. The van der Waals surface area contributed by atoms with Crippen LogP contribution in [0.25, 0.3) is 0 Å². The number of aryl methyl sites for hydroxylation is 3. The predicted molar refractivity (Wildman–Crippen MR) is 115 cm³/mol. The third-order valence-corrected chi connectivity index (χ3v) is 6.00. The van der Waals surface area contributed by atoms with Crippen LogP contribution in [0.15, 0.2) is 36.4 Å². The summed E-state index contributed by atoms with van der Waals surface area (Å²) in [7, 11) is 0.